The molecule has 1 N–H and O–H groups in total. The highest BCUT2D eigenvalue weighted by atomic mass is 31.2. The molecule has 0 aliphatic heterocycles. The van der Waals surface area contributed by atoms with Crippen LogP contribution in [0.15, 0.2) is 85.1 Å². The van der Waals surface area contributed by atoms with Crippen LogP contribution in [0.2, 0.25) is 0 Å². The van der Waals surface area contributed by atoms with Gasteiger partial charge in [0.25, 0.3) is 0 Å². The van der Waals surface area contributed by atoms with Gasteiger partial charge in [0.15, 0.2) is 6.10 Å². The maximum Gasteiger partial charge on any atom is 0.472 e. The third-order valence-corrected chi connectivity index (χ3v) is 18.4. The van der Waals surface area contributed by atoms with Crippen LogP contribution in [0.5, 0.6) is 0 Å². The molecule has 0 fully saturated rings. The second-order valence-electron chi connectivity index (χ2n) is 27.7. The lowest BCUT2D eigenvalue weighted by Gasteiger charge is -2.24. The SMILES string of the molecule is CC/C=C\C/C=C\C/C=C\C/C=C\C/C=C\C/C=C\CCCCCCCCCCCCCCCCCCCCCCC(=O)OC(COC(=O)CCCCCCCCCCCCCCCCCCC/C=C\CCCCCCCCCC)COP(=O)(O)OCC[N+](C)(C)C. The molecule has 0 aromatic carbocycles. The summed E-state index contributed by atoms with van der Waals surface area (Å²) in [6, 6.07) is 0. The highest BCUT2D eigenvalue weighted by Crippen LogP contribution is 2.43. The van der Waals surface area contributed by atoms with Gasteiger partial charge in [-0.05, 0) is 89.9 Å². The van der Waals surface area contributed by atoms with Crippen molar-refractivity contribution in [2.45, 2.75) is 380 Å². The van der Waals surface area contributed by atoms with E-state index in [0.717, 1.165) is 70.6 Å². The number of carbonyl (C=O) groups is 2. The number of hydrogen-bond acceptors (Lipinski definition) is 7. The summed E-state index contributed by atoms with van der Waals surface area (Å²) in [5.41, 5.74) is 0. The highest BCUT2D eigenvalue weighted by molar-refractivity contribution is 7.47. The number of rotatable bonds is 73. The second-order valence-corrected chi connectivity index (χ2v) is 29.2. The number of phosphoric ester groups is 1. The average molecular weight is 1310 g/mol. The molecule has 0 rings (SSSR count). The summed E-state index contributed by atoms with van der Waals surface area (Å²) < 4.78 is 34.8. The van der Waals surface area contributed by atoms with Crippen molar-refractivity contribution < 1.29 is 42.1 Å². The third-order valence-electron chi connectivity index (χ3n) is 17.4. The van der Waals surface area contributed by atoms with Crippen molar-refractivity contribution in [3.63, 3.8) is 0 Å². The van der Waals surface area contributed by atoms with E-state index < -0.39 is 26.5 Å². The molecule has 0 spiro atoms. The Balaban J connectivity index is 3.94. The number of nitrogens with zero attached hydrogens (tertiary/aromatic N) is 1. The smallest absolute Gasteiger partial charge is 0.462 e. The molecule has 0 aromatic rings. The van der Waals surface area contributed by atoms with E-state index in [1.165, 1.54) is 270 Å². The number of esters is 2. The minimum Gasteiger partial charge on any atom is -0.462 e. The van der Waals surface area contributed by atoms with Gasteiger partial charge in [-0.2, -0.15) is 0 Å². The molecule has 0 heterocycles. The molecule has 2 atom stereocenters. The van der Waals surface area contributed by atoms with Gasteiger partial charge in [-0.1, -0.05) is 356 Å². The number of phosphoric acid groups is 1. The minimum absolute atomic E-state index is 0.0326. The Morgan fingerprint density at radius 2 is 0.620 bits per heavy atom. The van der Waals surface area contributed by atoms with Crippen LogP contribution in [0.1, 0.15) is 373 Å². The van der Waals surface area contributed by atoms with Crippen molar-refractivity contribution in [2.75, 3.05) is 47.5 Å². The second kappa shape index (κ2) is 72.5. The van der Waals surface area contributed by atoms with Gasteiger partial charge < -0.3 is 18.9 Å². The number of hydrogen-bond donors (Lipinski definition) is 1. The fraction of sp³-hybridized carbons (Fsp3) is 0.805. The van der Waals surface area contributed by atoms with E-state index in [-0.39, 0.29) is 25.6 Å². The van der Waals surface area contributed by atoms with Gasteiger partial charge in [0, 0.05) is 12.8 Å². The Morgan fingerprint density at radius 1 is 0.348 bits per heavy atom. The van der Waals surface area contributed by atoms with E-state index >= 15 is 0 Å². The van der Waals surface area contributed by atoms with E-state index in [1.54, 1.807) is 0 Å². The van der Waals surface area contributed by atoms with Crippen molar-refractivity contribution in [1.29, 1.82) is 0 Å². The Bertz CT molecular complexity index is 1830. The zero-order chi connectivity index (χ0) is 66.9. The molecule has 0 saturated carbocycles. The molecule has 0 radical (unpaired) electrons. The molecular weight excluding hydrogens is 1160 g/mol. The van der Waals surface area contributed by atoms with E-state index in [0.29, 0.717) is 23.9 Å². The van der Waals surface area contributed by atoms with Gasteiger partial charge in [-0.3, -0.25) is 18.6 Å². The highest BCUT2D eigenvalue weighted by Gasteiger charge is 2.27. The van der Waals surface area contributed by atoms with Crippen molar-refractivity contribution >= 4 is 19.8 Å². The third kappa shape index (κ3) is 76.2. The van der Waals surface area contributed by atoms with Crippen LogP contribution < -0.4 is 0 Å². The standard InChI is InChI=1S/C82H150NO8P/c1-6-8-10-12-14-16-18-20-22-24-26-28-30-32-34-36-37-38-39-40-41-42-43-44-45-47-49-51-53-55-57-59-61-63-65-67-69-71-73-75-82(85)91-80(79-90-92(86,87)89-77-76-83(3,4)5)78-88-81(84)74-72-70-68-66-64-62-60-58-56-54-52-50-48-46-35-33-31-29-27-25-23-21-19-17-15-13-11-9-7-2/h8,10,14,16,20,22,25-28,32,34,37-38,80H,6-7,9,11-13,15,17-19,21,23-24,29-31,33,35-36,39-79H2,1-5H3/p+1/b10-8-,16-14-,22-20-,27-25-,28-26-,34-32-,38-37-. The summed E-state index contributed by atoms with van der Waals surface area (Å²) in [5.74, 6) is -0.778. The summed E-state index contributed by atoms with van der Waals surface area (Å²) >= 11 is 0. The molecule has 0 amide bonds. The van der Waals surface area contributed by atoms with Gasteiger partial charge in [-0.15, -0.1) is 0 Å². The van der Waals surface area contributed by atoms with E-state index in [1.807, 2.05) is 21.1 Å². The molecule has 9 nitrogen and oxygen atoms in total. The molecular formula is C82H151NO8P+. The number of ether oxygens (including phenoxy) is 2. The van der Waals surface area contributed by atoms with Gasteiger partial charge in [0.05, 0.1) is 27.7 Å². The molecule has 0 aromatic heterocycles. The maximum atomic E-state index is 12.9. The quantitative estimate of drug-likeness (QED) is 0.0211. The van der Waals surface area contributed by atoms with E-state index in [4.69, 9.17) is 18.5 Å². The Kier molecular flexibility index (Phi) is 70.2. The lowest BCUT2D eigenvalue weighted by Crippen LogP contribution is -2.37. The average Bonchev–Trinajstić information content (AvgIpc) is 2.14. The van der Waals surface area contributed by atoms with Gasteiger partial charge in [-0.25, -0.2) is 4.57 Å². The molecule has 0 saturated heterocycles. The summed E-state index contributed by atoms with van der Waals surface area (Å²) in [4.78, 5) is 36.0. The first-order chi connectivity index (χ1) is 45.0. The first-order valence-electron chi connectivity index (χ1n) is 39.3. The van der Waals surface area contributed by atoms with Crippen LogP contribution in [-0.2, 0) is 32.7 Å². The fourth-order valence-electron chi connectivity index (χ4n) is 11.4. The molecule has 536 valence electrons. The lowest BCUT2D eigenvalue weighted by atomic mass is 10.0. The monoisotopic (exact) mass is 1310 g/mol. The maximum absolute atomic E-state index is 12.9. The summed E-state index contributed by atoms with van der Waals surface area (Å²) in [7, 11) is 1.49. The molecule has 0 bridgehead atoms. The normalized spacial score (nSPS) is 13.5. The van der Waals surface area contributed by atoms with Crippen molar-refractivity contribution in [1.82, 2.24) is 0 Å². The van der Waals surface area contributed by atoms with Crippen molar-refractivity contribution in [3.05, 3.63) is 85.1 Å². The number of likely N-dealkylation sites (N-methyl/N-ethyl adjacent to an activating group) is 1. The number of unbranched alkanes of at least 4 members (excludes halogenated alkanes) is 45. The molecule has 0 aliphatic carbocycles. The number of allylic oxidation sites excluding steroid dienone is 14. The topological polar surface area (TPSA) is 108 Å². The predicted molar refractivity (Wildman–Crippen MR) is 399 cm³/mol. The van der Waals surface area contributed by atoms with Crippen LogP contribution in [-0.4, -0.2) is 74.9 Å². The predicted octanol–water partition coefficient (Wildman–Crippen LogP) is 26.1. The van der Waals surface area contributed by atoms with Crippen LogP contribution in [0.4, 0.5) is 0 Å². The zero-order valence-electron chi connectivity index (χ0n) is 61.3. The van der Waals surface area contributed by atoms with Gasteiger partial charge in [0.1, 0.15) is 19.8 Å². The fourth-order valence-corrected chi connectivity index (χ4v) is 12.2. The first kappa shape index (κ1) is 89.2. The molecule has 2 unspecified atom stereocenters. The number of carbonyl (C=O) groups excluding carboxylic acids is 2. The largest absolute Gasteiger partial charge is 0.472 e. The van der Waals surface area contributed by atoms with E-state index in [9.17, 15) is 19.0 Å². The van der Waals surface area contributed by atoms with Gasteiger partial charge in [0.2, 0.25) is 0 Å². The minimum atomic E-state index is -4.39. The zero-order valence-corrected chi connectivity index (χ0v) is 62.2. The molecule has 92 heavy (non-hydrogen) atoms. The Labute approximate surface area is 571 Å². The lowest BCUT2D eigenvalue weighted by molar-refractivity contribution is -0.870. The molecule has 10 heteroatoms. The number of quaternary nitrogens is 1. The Morgan fingerprint density at radius 3 is 0.935 bits per heavy atom. The van der Waals surface area contributed by atoms with Crippen LogP contribution in [0.25, 0.3) is 0 Å². The van der Waals surface area contributed by atoms with E-state index in [2.05, 4.69) is 98.9 Å². The molecule has 0 aliphatic rings. The van der Waals surface area contributed by atoms with Crippen LogP contribution in [0.3, 0.4) is 0 Å². The van der Waals surface area contributed by atoms with Crippen LogP contribution in [0, 0.1) is 0 Å². The van der Waals surface area contributed by atoms with Crippen LogP contribution >= 0.6 is 7.82 Å². The first-order valence-corrected chi connectivity index (χ1v) is 40.8. The van der Waals surface area contributed by atoms with Gasteiger partial charge >= 0.3 is 19.8 Å². The van der Waals surface area contributed by atoms with Crippen molar-refractivity contribution in [3.8, 4) is 0 Å². The summed E-state index contributed by atoms with van der Waals surface area (Å²) in [6.45, 7) is 4.38. The summed E-state index contributed by atoms with van der Waals surface area (Å²) in [6.07, 6.45) is 100. The van der Waals surface area contributed by atoms with Crippen molar-refractivity contribution in [2.24, 2.45) is 0 Å². The summed E-state index contributed by atoms with van der Waals surface area (Å²) in [5, 5.41) is 0. The Hall–Kier alpha value is -2.81.